The van der Waals surface area contributed by atoms with Crippen LogP contribution in [0.5, 0.6) is 5.75 Å². The molecule has 2 heterocycles. The Hall–Kier alpha value is -3.36. The maximum atomic E-state index is 13.6. The van der Waals surface area contributed by atoms with E-state index in [2.05, 4.69) is 0 Å². The van der Waals surface area contributed by atoms with Gasteiger partial charge >= 0.3 is 0 Å². The van der Waals surface area contributed by atoms with Gasteiger partial charge in [0.25, 0.3) is 0 Å². The highest BCUT2D eigenvalue weighted by molar-refractivity contribution is 6.08. The highest BCUT2D eigenvalue weighted by Crippen LogP contribution is 2.44. The lowest BCUT2D eigenvalue weighted by molar-refractivity contribution is -0.142. The van der Waals surface area contributed by atoms with Gasteiger partial charge in [0.15, 0.2) is 6.21 Å². The fourth-order valence-corrected chi connectivity index (χ4v) is 5.89. The number of rotatable bonds is 6. The Morgan fingerprint density at radius 3 is 2.29 bits per heavy atom. The first-order valence-corrected chi connectivity index (χ1v) is 12.4. The molecule has 3 aliphatic rings. The molecule has 1 saturated carbocycles. The molecule has 0 atom stereocenters. The van der Waals surface area contributed by atoms with Gasteiger partial charge in [-0.3, -0.25) is 19.8 Å². The second kappa shape index (κ2) is 10.1. The van der Waals surface area contributed by atoms with Gasteiger partial charge in [-0.2, -0.15) is 0 Å². The number of methoxy groups -OCH3 is 1. The van der Waals surface area contributed by atoms with Crippen LogP contribution in [0.1, 0.15) is 50.5 Å². The minimum Gasteiger partial charge on any atom is -0.496 e. The van der Waals surface area contributed by atoms with Gasteiger partial charge < -0.3 is 26.0 Å². The summed E-state index contributed by atoms with van der Waals surface area (Å²) in [4.78, 5) is 41.8. The van der Waals surface area contributed by atoms with E-state index in [9.17, 15) is 14.4 Å². The molecule has 1 aromatic rings. The van der Waals surface area contributed by atoms with Crippen LogP contribution in [0.25, 0.3) is 5.57 Å². The lowest BCUT2D eigenvalue weighted by atomic mass is 9.76. The van der Waals surface area contributed by atoms with Gasteiger partial charge in [-0.1, -0.05) is 0 Å². The largest absolute Gasteiger partial charge is 0.496 e. The first-order valence-electron chi connectivity index (χ1n) is 12.4. The average molecular weight is 483 g/mol. The summed E-state index contributed by atoms with van der Waals surface area (Å²) < 4.78 is 5.54. The van der Waals surface area contributed by atoms with E-state index in [1.165, 1.54) is 12.4 Å². The molecule has 2 aliphatic heterocycles. The Morgan fingerprint density at radius 2 is 1.71 bits per heavy atom. The van der Waals surface area contributed by atoms with Gasteiger partial charge in [-0.15, -0.1) is 0 Å². The summed E-state index contributed by atoms with van der Waals surface area (Å²) >= 11 is 0. The van der Waals surface area contributed by atoms with Crippen LogP contribution >= 0.6 is 0 Å². The van der Waals surface area contributed by atoms with Crippen LogP contribution in [0.4, 0.5) is 5.69 Å². The second-order valence-corrected chi connectivity index (χ2v) is 9.94. The van der Waals surface area contributed by atoms with Gasteiger partial charge in [0.1, 0.15) is 5.75 Å². The van der Waals surface area contributed by atoms with Crippen LogP contribution in [-0.4, -0.2) is 55.6 Å². The number of carbonyl (C=O) groups is 3. The Bertz CT molecular complexity index is 1040. The first-order chi connectivity index (χ1) is 16.8. The molecule has 0 radical (unpaired) electrons. The van der Waals surface area contributed by atoms with Crippen molar-refractivity contribution in [2.75, 3.05) is 31.6 Å². The summed E-state index contributed by atoms with van der Waals surface area (Å²) in [5.74, 6) is 0.458. The highest BCUT2D eigenvalue weighted by atomic mass is 16.5. The molecule has 1 spiro atoms. The number of piperidine rings is 1. The number of hydrogen-bond donors (Lipinski definition) is 3. The van der Waals surface area contributed by atoms with Gasteiger partial charge in [0.05, 0.1) is 18.1 Å². The summed E-state index contributed by atoms with van der Waals surface area (Å²) in [6.45, 7) is 1.82. The van der Waals surface area contributed by atoms with Crippen molar-refractivity contribution in [1.82, 2.24) is 4.90 Å². The number of primary amides is 1. The van der Waals surface area contributed by atoms with Gasteiger partial charge in [-0.05, 0) is 57.1 Å². The van der Waals surface area contributed by atoms with Gasteiger partial charge in [0, 0.05) is 55.0 Å². The Morgan fingerprint density at radius 1 is 1.09 bits per heavy atom. The van der Waals surface area contributed by atoms with Crippen molar-refractivity contribution in [1.29, 1.82) is 0 Å². The van der Waals surface area contributed by atoms with Crippen LogP contribution in [-0.2, 0) is 14.4 Å². The number of nitrogens with zero attached hydrogens (tertiary/aromatic N) is 2. The van der Waals surface area contributed by atoms with E-state index in [1.54, 1.807) is 7.11 Å². The van der Waals surface area contributed by atoms with E-state index >= 15 is 0 Å². The third kappa shape index (κ3) is 4.63. The maximum Gasteiger partial charge on any atom is 0.233 e. The smallest absolute Gasteiger partial charge is 0.233 e. The number of carbonyl (C=O) groups excluding carboxylic acids is 3. The zero-order valence-corrected chi connectivity index (χ0v) is 20.4. The number of anilines is 1. The van der Waals surface area contributed by atoms with Gasteiger partial charge in [0.2, 0.25) is 17.7 Å². The number of hydrogen-bond acceptors (Lipinski definition) is 5. The van der Waals surface area contributed by atoms with E-state index in [0.717, 1.165) is 17.7 Å². The quantitative estimate of drug-likeness (QED) is 0.505. The fourth-order valence-electron chi connectivity index (χ4n) is 5.89. The van der Waals surface area contributed by atoms with E-state index in [-0.39, 0.29) is 29.6 Å². The van der Waals surface area contributed by atoms with Crippen molar-refractivity contribution in [3.63, 3.8) is 0 Å². The van der Waals surface area contributed by atoms with Crippen LogP contribution in [0, 0.1) is 17.3 Å². The van der Waals surface area contributed by atoms with Crippen molar-refractivity contribution in [2.24, 2.45) is 28.7 Å². The SMILES string of the molecule is COc1cc(N2CCC3(CCN(C(=O)C4CCC(C(N)=O)CC4)CC3)C2=O)ccc1/C(C=[NH2+])=C/N. The monoisotopic (exact) mass is 482 g/mol. The van der Waals surface area contributed by atoms with Crippen molar-refractivity contribution in [3.8, 4) is 5.75 Å². The van der Waals surface area contributed by atoms with Crippen LogP contribution in [0.3, 0.4) is 0 Å². The fraction of sp³-hybridized carbons (Fsp3) is 0.538. The normalized spacial score (nSPS) is 24.5. The topological polar surface area (TPSA) is 145 Å². The number of ether oxygens (including phenoxy) is 1. The Balaban J connectivity index is 1.40. The molecule has 188 valence electrons. The zero-order chi connectivity index (χ0) is 25.2. The van der Waals surface area contributed by atoms with E-state index in [0.29, 0.717) is 69.5 Å². The molecule has 3 amide bonds. The lowest BCUT2D eigenvalue weighted by Gasteiger charge is -2.40. The maximum absolute atomic E-state index is 13.6. The molecule has 1 aromatic carbocycles. The zero-order valence-electron chi connectivity index (χ0n) is 20.4. The summed E-state index contributed by atoms with van der Waals surface area (Å²) in [6.07, 6.45) is 7.74. The number of nitrogens with two attached hydrogens (primary N) is 3. The molecule has 1 aliphatic carbocycles. The molecule has 35 heavy (non-hydrogen) atoms. The molecule has 0 aromatic heterocycles. The molecule has 0 bridgehead atoms. The third-order valence-corrected chi connectivity index (χ3v) is 8.19. The van der Waals surface area contributed by atoms with Crippen molar-refractivity contribution in [3.05, 3.63) is 30.0 Å². The standard InChI is InChI=1S/C26H35N5O4/c1-35-22-14-20(6-7-21(22)19(15-27)16-28)31-13-10-26(25(31)34)8-11-30(12-9-26)24(33)18-4-2-17(3-5-18)23(29)32/h6-7,14-18,27H,2-5,8-13,28H2,1H3,(H2,29,32)/p+1/b19-16+,27-15?. The Kier molecular flexibility index (Phi) is 7.14. The van der Waals surface area contributed by atoms with Crippen molar-refractivity contribution >= 4 is 35.2 Å². The third-order valence-electron chi connectivity index (χ3n) is 8.19. The predicted octanol–water partition coefficient (Wildman–Crippen LogP) is 0.462. The van der Waals surface area contributed by atoms with E-state index in [1.807, 2.05) is 28.0 Å². The first kappa shape index (κ1) is 24.8. The summed E-state index contributed by atoms with van der Waals surface area (Å²) in [5, 5.41) is 5.67. The number of amides is 3. The highest BCUT2D eigenvalue weighted by Gasteiger charge is 2.49. The van der Waals surface area contributed by atoms with Crippen LogP contribution < -0.4 is 26.5 Å². The molecule has 9 heteroatoms. The van der Waals surface area contributed by atoms with Crippen LogP contribution in [0.2, 0.25) is 0 Å². The van der Waals surface area contributed by atoms with Crippen LogP contribution in [0.15, 0.2) is 24.4 Å². The van der Waals surface area contributed by atoms with Gasteiger partial charge in [-0.25, -0.2) is 0 Å². The van der Waals surface area contributed by atoms with Crippen molar-refractivity contribution in [2.45, 2.75) is 44.9 Å². The molecule has 6 N–H and O–H groups in total. The summed E-state index contributed by atoms with van der Waals surface area (Å²) in [5.41, 5.74) is 12.9. The minimum atomic E-state index is -0.431. The molecular formula is C26H36N5O4+. The second-order valence-electron chi connectivity index (χ2n) is 9.94. The predicted molar refractivity (Wildman–Crippen MR) is 133 cm³/mol. The van der Waals surface area contributed by atoms with E-state index in [4.69, 9.17) is 21.6 Å². The molecule has 0 unspecified atom stereocenters. The lowest BCUT2D eigenvalue weighted by Crippen LogP contribution is -2.48. The molecule has 3 fully saturated rings. The average Bonchev–Trinajstić information content (AvgIpc) is 3.20. The molecule has 9 nitrogen and oxygen atoms in total. The molecular weight excluding hydrogens is 446 g/mol. The van der Waals surface area contributed by atoms with E-state index < -0.39 is 5.41 Å². The summed E-state index contributed by atoms with van der Waals surface area (Å²) in [6, 6.07) is 5.60. The number of allylic oxidation sites excluding steroid dienone is 1. The number of likely N-dealkylation sites (tertiary alicyclic amines) is 1. The van der Waals surface area contributed by atoms with Crippen molar-refractivity contribution < 1.29 is 24.5 Å². The molecule has 4 rings (SSSR count). The minimum absolute atomic E-state index is 0.0420. The molecule has 2 saturated heterocycles. The summed E-state index contributed by atoms with van der Waals surface area (Å²) in [7, 11) is 1.58. The number of benzene rings is 1. The Labute approximate surface area is 206 Å².